The van der Waals surface area contributed by atoms with Gasteiger partial charge < -0.3 is 25.0 Å². The Morgan fingerprint density at radius 1 is 1.48 bits per heavy atom. The highest BCUT2D eigenvalue weighted by molar-refractivity contribution is 5.79. The molecule has 1 aliphatic rings. The molecule has 7 nitrogen and oxygen atoms in total. The molecule has 1 aliphatic heterocycles. The number of nitrogens with one attached hydrogen (secondary N) is 2. The van der Waals surface area contributed by atoms with Crippen molar-refractivity contribution in [3.8, 4) is 0 Å². The molecular formula is C18H31N5O2. The van der Waals surface area contributed by atoms with Crippen molar-refractivity contribution in [3.63, 3.8) is 0 Å². The highest BCUT2D eigenvalue weighted by Crippen LogP contribution is 2.16. The molecule has 0 spiro atoms. The molecule has 1 aromatic heterocycles. The molecule has 0 aliphatic carbocycles. The zero-order valence-corrected chi connectivity index (χ0v) is 16.0. The fourth-order valence-corrected chi connectivity index (χ4v) is 2.55. The number of pyridine rings is 1. The van der Waals surface area contributed by atoms with E-state index < -0.39 is 0 Å². The highest BCUT2D eigenvalue weighted by atomic mass is 16.5. The maximum absolute atomic E-state index is 5.60. The Balaban J connectivity index is 1.90. The van der Waals surface area contributed by atoms with Crippen LogP contribution in [0.25, 0.3) is 0 Å². The van der Waals surface area contributed by atoms with Crippen molar-refractivity contribution in [2.45, 2.75) is 39.0 Å². The molecule has 2 N–H and O–H groups in total. The molecule has 1 unspecified atom stereocenters. The number of aromatic nitrogens is 1. The SMILES string of the molecule is CN=C(NCc1ccnc(N2CCOC(C)C2)c1)NCC(C)(C)OC. The molecule has 2 heterocycles. The lowest BCUT2D eigenvalue weighted by Crippen LogP contribution is -2.45. The summed E-state index contributed by atoms with van der Waals surface area (Å²) in [4.78, 5) is 11.0. The molecule has 7 heteroatoms. The van der Waals surface area contributed by atoms with Crippen LogP contribution in [-0.2, 0) is 16.0 Å². The minimum Gasteiger partial charge on any atom is -0.377 e. The minimum absolute atomic E-state index is 0.240. The predicted molar refractivity (Wildman–Crippen MR) is 101 cm³/mol. The largest absolute Gasteiger partial charge is 0.377 e. The number of nitrogens with zero attached hydrogens (tertiary/aromatic N) is 3. The average molecular weight is 349 g/mol. The van der Waals surface area contributed by atoms with E-state index in [4.69, 9.17) is 9.47 Å². The molecule has 2 rings (SSSR count). The lowest BCUT2D eigenvalue weighted by Gasteiger charge is -2.32. The number of morpholine rings is 1. The topological polar surface area (TPSA) is 71.0 Å². The fraction of sp³-hybridized carbons (Fsp3) is 0.667. The van der Waals surface area contributed by atoms with Gasteiger partial charge in [0, 0.05) is 46.5 Å². The second-order valence-corrected chi connectivity index (χ2v) is 6.89. The lowest BCUT2D eigenvalue weighted by atomic mass is 10.1. The number of ether oxygens (including phenoxy) is 2. The van der Waals surface area contributed by atoms with Crippen molar-refractivity contribution >= 4 is 11.8 Å². The number of hydrogen-bond acceptors (Lipinski definition) is 5. The molecule has 0 radical (unpaired) electrons. The highest BCUT2D eigenvalue weighted by Gasteiger charge is 2.18. The Morgan fingerprint density at radius 3 is 2.96 bits per heavy atom. The van der Waals surface area contributed by atoms with Crippen molar-refractivity contribution in [1.29, 1.82) is 0 Å². The second kappa shape index (κ2) is 9.01. The zero-order valence-electron chi connectivity index (χ0n) is 16.0. The van der Waals surface area contributed by atoms with E-state index in [-0.39, 0.29) is 11.7 Å². The maximum Gasteiger partial charge on any atom is 0.191 e. The number of hydrogen-bond donors (Lipinski definition) is 2. The van der Waals surface area contributed by atoms with Crippen LogP contribution in [-0.4, -0.2) is 63.0 Å². The van der Waals surface area contributed by atoms with Crippen molar-refractivity contribution in [1.82, 2.24) is 15.6 Å². The maximum atomic E-state index is 5.60. The number of guanidine groups is 1. The van der Waals surface area contributed by atoms with Gasteiger partial charge in [0.25, 0.3) is 0 Å². The van der Waals surface area contributed by atoms with Gasteiger partial charge in [0.05, 0.1) is 18.3 Å². The van der Waals surface area contributed by atoms with Gasteiger partial charge in [0.1, 0.15) is 5.82 Å². The number of anilines is 1. The molecule has 1 aromatic rings. The molecule has 0 aromatic carbocycles. The summed E-state index contributed by atoms with van der Waals surface area (Å²) in [6, 6.07) is 4.14. The molecule has 0 amide bonds. The van der Waals surface area contributed by atoms with E-state index in [1.807, 2.05) is 26.1 Å². The second-order valence-electron chi connectivity index (χ2n) is 6.89. The van der Waals surface area contributed by atoms with Gasteiger partial charge in [0.15, 0.2) is 5.96 Å². The molecule has 1 fully saturated rings. The number of rotatable bonds is 6. The Kier molecular flexibility index (Phi) is 7.01. The van der Waals surface area contributed by atoms with E-state index in [0.29, 0.717) is 13.1 Å². The van der Waals surface area contributed by atoms with Crippen LogP contribution >= 0.6 is 0 Å². The van der Waals surface area contributed by atoms with Gasteiger partial charge in [-0.05, 0) is 38.5 Å². The van der Waals surface area contributed by atoms with Crippen LogP contribution in [0, 0.1) is 0 Å². The van der Waals surface area contributed by atoms with Gasteiger partial charge in [-0.2, -0.15) is 0 Å². The van der Waals surface area contributed by atoms with E-state index in [2.05, 4.69) is 38.5 Å². The van der Waals surface area contributed by atoms with Crippen LogP contribution in [0.3, 0.4) is 0 Å². The summed E-state index contributed by atoms with van der Waals surface area (Å²) in [7, 11) is 3.48. The normalized spacial score (nSPS) is 19.0. The van der Waals surface area contributed by atoms with E-state index in [0.717, 1.165) is 37.0 Å². The number of aliphatic imine (C=N–C) groups is 1. The third-order valence-corrected chi connectivity index (χ3v) is 4.29. The summed E-state index contributed by atoms with van der Waals surface area (Å²) in [5, 5.41) is 6.62. The standard InChI is InChI=1S/C18H31N5O2/c1-14-12-23(8-9-25-14)16-10-15(6-7-20-16)11-21-17(19-4)22-13-18(2,3)24-5/h6-7,10,14H,8-9,11-13H2,1-5H3,(H2,19,21,22). The van der Waals surface area contributed by atoms with Gasteiger partial charge in [0.2, 0.25) is 0 Å². The summed E-state index contributed by atoms with van der Waals surface area (Å²) in [5.41, 5.74) is 0.923. The van der Waals surface area contributed by atoms with Crippen LogP contribution in [0.1, 0.15) is 26.3 Å². The quantitative estimate of drug-likeness (QED) is 0.597. The molecule has 1 atom stereocenters. The lowest BCUT2D eigenvalue weighted by molar-refractivity contribution is 0.0268. The minimum atomic E-state index is -0.242. The van der Waals surface area contributed by atoms with E-state index in [1.165, 1.54) is 0 Å². The van der Waals surface area contributed by atoms with Crippen LogP contribution < -0.4 is 15.5 Å². The fourth-order valence-electron chi connectivity index (χ4n) is 2.55. The van der Waals surface area contributed by atoms with Crippen molar-refractivity contribution < 1.29 is 9.47 Å². The molecule has 25 heavy (non-hydrogen) atoms. The van der Waals surface area contributed by atoms with Crippen LogP contribution in [0.15, 0.2) is 23.3 Å². The van der Waals surface area contributed by atoms with E-state index in [1.54, 1.807) is 14.2 Å². The zero-order chi connectivity index (χ0) is 18.3. The van der Waals surface area contributed by atoms with Crippen molar-refractivity contribution in [2.24, 2.45) is 4.99 Å². The van der Waals surface area contributed by atoms with Gasteiger partial charge in [-0.25, -0.2) is 4.98 Å². The molecule has 140 valence electrons. The van der Waals surface area contributed by atoms with Crippen molar-refractivity contribution in [2.75, 3.05) is 45.3 Å². The molecule has 1 saturated heterocycles. The number of methoxy groups -OCH3 is 1. The summed E-state index contributed by atoms with van der Waals surface area (Å²) in [6.07, 6.45) is 2.10. The third-order valence-electron chi connectivity index (χ3n) is 4.29. The predicted octanol–water partition coefficient (Wildman–Crippen LogP) is 1.40. The van der Waals surface area contributed by atoms with Gasteiger partial charge >= 0.3 is 0 Å². The summed E-state index contributed by atoms with van der Waals surface area (Å²) in [6.45, 7) is 10.0. The van der Waals surface area contributed by atoms with Gasteiger partial charge in [-0.1, -0.05) is 0 Å². The average Bonchev–Trinajstić information content (AvgIpc) is 2.62. The Hall–Kier alpha value is -1.86. The van der Waals surface area contributed by atoms with Crippen LogP contribution in [0.2, 0.25) is 0 Å². The van der Waals surface area contributed by atoms with E-state index >= 15 is 0 Å². The Morgan fingerprint density at radius 2 is 2.28 bits per heavy atom. The van der Waals surface area contributed by atoms with Crippen LogP contribution in [0.5, 0.6) is 0 Å². The monoisotopic (exact) mass is 349 g/mol. The molecule has 0 saturated carbocycles. The van der Waals surface area contributed by atoms with Gasteiger partial charge in [-0.15, -0.1) is 0 Å². The first-order chi connectivity index (χ1) is 11.9. The first-order valence-electron chi connectivity index (χ1n) is 8.74. The first-order valence-corrected chi connectivity index (χ1v) is 8.74. The molecular weight excluding hydrogens is 318 g/mol. The summed E-state index contributed by atoms with van der Waals surface area (Å²) >= 11 is 0. The van der Waals surface area contributed by atoms with Crippen LogP contribution in [0.4, 0.5) is 5.82 Å². The Labute approximate surface area is 150 Å². The van der Waals surface area contributed by atoms with Crippen molar-refractivity contribution in [3.05, 3.63) is 23.9 Å². The van der Waals surface area contributed by atoms with E-state index in [9.17, 15) is 0 Å². The first kappa shape index (κ1) is 19.5. The summed E-state index contributed by atoms with van der Waals surface area (Å²) in [5.74, 6) is 1.75. The third kappa shape index (κ3) is 6.17. The molecule has 0 bridgehead atoms. The van der Waals surface area contributed by atoms with Gasteiger partial charge in [-0.3, -0.25) is 4.99 Å². The smallest absolute Gasteiger partial charge is 0.191 e. The Bertz CT molecular complexity index is 576. The summed E-state index contributed by atoms with van der Waals surface area (Å²) < 4.78 is 11.0.